The SMILES string of the molecule is C#CCC(=O)N1CCC[C@@H](Nc2c(-c3nc(S(C)(=O)=O)co3)cnc3[nH]ccc23)C1. The van der Waals surface area contributed by atoms with Crippen LogP contribution in [0.5, 0.6) is 0 Å². The second kappa shape index (κ2) is 7.84. The number of fused-ring (bicyclic) bond motifs is 1. The van der Waals surface area contributed by atoms with Crippen molar-refractivity contribution >= 4 is 32.5 Å². The molecular weight excluding hydrogens is 406 g/mol. The van der Waals surface area contributed by atoms with Crippen molar-refractivity contribution in [1.29, 1.82) is 0 Å². The van der Waals surface area contributed by atoms with Gasteiger partial charge in [0.1, 0.15) is 11.9 Å². The van der Waals surface area contributed by atoms with Crippen molar-refractivity contribution in [2.45, 2.75) is 30.3 Å². The number of pyridine rings is 1. The monoisotopic (exact) mass is 427 g/mol. The molecule has 1 aliphatic rings. The summed E-state index contributed by atoms with van der Waals surface area (Å²) in [5, 5.41) is 4.18. The number of nitrogens with zero attached hydrogens (tertiary/aromatic N) is 3. The van der Waals surface area contributed by atoms with Crippen LogP contribution in [0.2, 0.25) is 0 Å². The van der Waals surface area contributed by atoms with Gasteiger partial charge in [0.2, 0.25) is 11.8 Å². The summed E-state index contributed by atoms with van der Waals surface area (Å²) in [6.07, 6.45) is 12.6. The molecule has 2 N–H and O–H groups in total. The Morgan fingerprint density at radius 2 is 2.33 bits per heavy atom. The van der Waals surface area contributed by atoms with Crippen molar-refractivity contribution in [2.24, 2.45) is 0 Å². The molecule has 156 valence electrons. The first-order valence-electron chi connectivity index (χ1n) is 9.46. The minimum atomic E-state index is -3.50. The number of H-pyrrole nitrogens is 1. The van der Waals surface area contributed by atoms with Crippen LogP contribution in [0.15, 0.2) is 34.2 Å². The van der Waals surface area contributed by atoms with Gasteiger partial charge < -0.3 is 19.6 Å². The Hall–Kier alpha value is -3.32. The summed E-state index contributed by atoms with van der Waals surface area (Å²) in [7, 11) is -3.50. The van der Waals surface area contributed by atoms with Crippen LogP contribution in [0.25, 0.3) is 22.5 Å². The van der Waals surface area contributed by atoms with E-state index in [9.17, 15) is 13.2 Å². The fourth-order valence-corrected chi connectivity index (χ4v) is 4.07. The summed E-state index contributed by atoms with van der Waals surface area (Å²) < 4.78 is 29.0. The summed E-state index contributed by atoms with van der Waals surface area (Å²) >= 11 is 0. The predicted octanol–water partition coefficient (Wildman–Crippen LogP) is 2.05. The fourth-order valence-electron chi connectivity index (χ4n) is 3.60. The number of nitrogens with one attached hydrogen (secondary N) is 2. The maximum atomic E-state index is 12.2. The standard InChI is InChI=1S/C20H21N5O4S/c1-3-5-17(26)25-9-4-6-13(11-25)23-18-14-7-8-21-19(14)22-10-15(18)20-24-16(12-29-20)30(2,27)28/h1,7-8,10,12-13H,4-6,9,11H2,2H3,(H2,21,22,23)/t13-/m1/s1. The van der Waals surface area contributed by atoms with Crippen LogP contribution >= 0.6 is 0 Å². The molecule has 10 heteroatoms. The number of oxazole rings is 1. The quantitative estimate of drug-likeness (QED) is 0.598. The molecule has 0 aliphatic carbocycles. The molecule has 4 rings (SSSR count). The highest BCUT2D eigenvalue weighted by Crippen LogP contribution is 2.34. The third-order valence-corrected chi connectivity index (χ3v) is 6.00. The summed E-state index contributed by atoms with van der Waals surface area (Å²) in [5.41, 5.74) is 1.94. The third-order valence-electron chi connectivity index (χ3n) is 5.06. The second-order valence-electron chi connectivity index (χ2n) is 7.25. The summed E-state index contributed by atoms with van der Waals surface area (Å²) in [5.74, 6) is 2.50. The van der Waals surface area contributed by atoms with Crippen LogP contribution < -0.4 is 5.32 Å². The molecule has 4 heterocycles. The number of likely N-dealkylation sites (tertiary alicyclic amines) is 1. The first-order valence-corrected chi connectivity index (χ1v) is 11.4. The van der Waals surface area contributed by atoms with Gasteiger partial charge in [0.05, 0.1) is 17.7 Å². The number of anilines is 1. The molecule has 0 saturated carbocycles. The number of hydrogen-bond acceptors (Lipinski definition) is 7. The predicted molar refractivity (Wildman–Crippen MR) is 111 cm³/mol. The lowest BCUT2D eigenvalue weighted by atomic mass is 10.0. The molecule has 9 nitrogen and oxygen atoms in total. The van der Waals surface area contributed by atoms with Crippen LogP contribution in [0.3, 0.4) is 0 Å². The third kappa shape index (κ3) is 3.89. The second-order valence-corrected chi connectivity index (χ2v) is 9.22. The van der Waals surface area contributed by atoms with Crippen LogP contribution in [-0.2, 0) is 14.6 Å². The summed E-state index contributed by atoms with van der Waals surface area (Å²) in [6, 6.07) is 1.86. The maximum Gasteiger partial charge on any atom is 0.234 e. The molecular formula is C20H21N5O4S. The largest absolute Gasteiger partial charge is 0.443 e. The van der Waals surface area contributed by atoms with Crippen molar-refractivity contribution in [3.63, 3.8) is 0 Å². The van der Waals surface area contributed by atoms with Crippen molar-refractivity contribution < 1.29 is 17.6 Å². The molecule has 0 aromatic carbocycles. The number of aromatic nitrogens is 3. The van der Waals surface area contributed by atoms with Crippen molar-refractivity contribution in [1.82, 2.24) is 19.9 Å². The Morgan fingerprint density at radius 1 is 1.50 bits per heavy atom. The Bertz CT molecular complexity index is 1240. The fraction of sp³-hybridized carbons (Fsp3) is 0.350. The number of piperidine rings is 1. The molecule has 0 spiro atoms. The van der Waals surface area contributed by atoms with Gasteiger partial charge in [-0.3, -0.25) is 4.79 Å². The lowest BCUT2D eigenvalue weighted by molar-refractivity contribution is -0.131. The van der Waals surface area contributed by atoms with Gasteiger partial charge in [-0.1, -0.05) is 5.92 Å². The molecule has 0 bridgehead atoms. The van der Waals surface area contributed by atoms with E-state index in [4.69, 9.17) is 10.8 Å². The first kappa shape index (κ1) is 20.0. The van der Waals surface area contributed by atoms with E-state index in [-0.39, 0.29) is 29.3 Å². The van der Waals surface area contributed by atoms with Gasteiger partial charge in [-0.05, 0) is 18.9 Å². The average molecular weight is 427 g/mol. The molecule has 1 fully saturated rings. The Morgan fingerprint density at radius 3 is 3.07 bits per heavy atom. The number of hydrogen-bond donors (Lipinski definition) is 2. The number of rotatable bonds is 5. The Balaban J connectivity index is 1.69. The molecule has 1 atom stereocenters. The van der Waals surface area contributed by atoms with Gasteiger partial charge in [0, 0.05) is 43.2 Å². The lowest BCUT2D eigenvalue weighted by Crippen LogP contribution is -2.45. The van der Waals surface area contributed by atoms with Gasteiger partial charge >= 0.3 is 0 Å². The molecule has 0 unspecified atom stereocenters. The minimum absolute atomic E-state index is 0.0101. The maximum absolute atomic E-state index is 12.2. The molecule has 3 aromatic rings. The van der Waals surface area contributed by atoms with Gasteiger partial charge in [-0.15, -0.1) is 6.42 Å². The topological polar surface area (TPSA) is 121 Å². The average Bonchev–Trinajstić information content (AvgIpc) is 3.38. The first-order chi connectivity index (χ1) is 14.4. The number of carbonyl (C=O) groups excluding carboxylic acids is 1. The lowest BCUT2D eigenvalue weighted by Gasteiger charge is -2.33. The summed E-state index contributed by atoms with van der Waals surface area (Å²) in [4.78, 5) is 25.6. The smallest absolute Gasteiger partial charge is 0.234 e. The molecule has 1 amide bonds. The van der Waals surface area contributed by atoms with Crippen molar-refractivity contribution in [3.8, 4) is 23.8 Å². The molecule has 1 aliphatic heterocycles. The number of amides is 1. The molecule has 3 aromatic heterocycles. The van der Waals surface area contributed by atoms with E-state index in [1.54, 1.807) is 17.3 Å². The number of sulfone groups is 1. The molecule has 30 heavy (non-hydrogen) atoms. The zero-order chi connectivity index (χ0) is 21.3. The molecule has 0 radical (unpaired) electrons. The van der Waals surface area contributed by atoms with E-state index < -0.39 is 9.84 Å². The van der Waals surface area contributed by atoms with E-state index >= 15 is 0 Å². The summed E-state index contributed by atoms with van der Waals surface area (Å²) in [6.45, 7) is 1.20. The normalized spacial score (nSPS) is 17.1. The van der Waals surface area contributed by atoms with Gasteiger partial charge in [0.25, 0.3) is 0 Å². The van der Waals surface area contributed by atoms with Gasteiger partial charge in [0.15, 0.2) is 14.9 Å². The molecule has 1 saturated heterocycles. The number of aromatic amines is 1. The van der Waals surface area contributed by atoms with E-state index in [1.165, 1.54) is 0 Å². The number of terminal acetylenes is 1. The Labute approximate surface area is 173 Å². The number of carbonyl (C=O) groups is 1. The van der Waals surface area contributed by atoms with Crippen LogP contribution in [0.1, 0.15) is 19.3 Å². The van der Waals surface area contributed by atoms with E-state index in [0.29, 0.717) is 24.3 Å². The minimum Gasteiger partial charge on any atom is -0.443 e. The highest BCUT2D eigenvalue weighted by molar-refractivity contribution is 7.90. The zero-order valence-corrected chi connectivity index (χ0v) is 17.2. The van der Waals surface area contributed by atoms with E-state index in [0.717, 1.165) is 36.4 Å². The van der Waals surface area contributed by atoms with Gasteiger partial charge in [-0.2, -0.15) is 4.98 Å². The zero-order valence-electron chi connectivity index (χ0n) is 16.4. The van der Waals surface area contributed by atoms with Crippen LogP contribution in [-0.4, -0.2) is 59.6 Å². The van der Waals surface area contributed by atoms with Gasteiger partial charge in [-0.25, -0.2) is 13.4 Å². The van der Waals surface area contributed by atoms with E-state index in [1.807, 2.05) is 6.07 Å². The van der Waals surface area contributed by atoms with Crippen molar-refractivity contribution in [3.05, 3.63) is 24.7 Å². The highest BCUT2D eigenvalue weighted by Gasteiger charge is 2.26. The highest BCUT2D eigenvalue weighted by atomic mass is 32.2. The van der Waals surface area contributed by atoms with Crippen LogP contribution in [0.4, 0.5) is 5.69 Å². The van der Waals surface area contributed by atoms with Crippen molar-refractivity contribution in [2.75, 3.05) is 24.7 Å². The Kier molecular flexibility index (Phi) is 5.22. The van der Waals surface area contributed by atoms with E-state index in [2.05, 4.69) is 26.2 Å². The van der Waals surface area contributed by atoms with Crippen LogP contribution in [0, 0.1) is 12.3 Å².